The normalized spacial score (nSPS) is 18.1. The Morgan fingerprint density at radius 3 is 2.41 bits per heavy atom. The maximum absolute atomic E-state index is 13.5. The molecule has 1 amide bonds. The predicted molar refractivity (Wildman–Crippen MR) is 142 cm³/mol. The van der Waals surface area contributed by atoms with Gasteiger partial charge < -0.3 is 14.7 Å². The van der Waals surface area contributed by atoms with Crippen molar-refractivity contribution in [2.45, 2.75) is 58.1 Å². The second-order valence-corrected chi connectivity index (χ2v) is 9.42. The van der Waals surface area contributed by atoms with Gasteiger partial charge in [0.1, 0.15) is 5.54 Å². The molecule has 2 N–H and O–H groups in total. The fourth-order valence-corrected chi connectivity index (χ4v) is 5.04. The van der Waals surface area contributed by atoms with Crippen LogP contribution in [0.2, 0.25) is 0 Å². The summed E-state index contributed by atoms with van der Waals surface area (Å²) in [6.07, 6.45) is 2.61. The summed E-state index contributed by atoms with van der Waals surface area (Å²) in [6.45, 7) is 6.26. The number of benzene rings is 2. The molecule has 0 saturated heterocycles. The van der Waals surface area contributed by atoms with E-state index in [1.165, 1.54) is 0 Å². The summed E-state index contributed by atoms with van der Waals surface area (Å²) in [5, 5.41) is 13.9. The number of nitrogens with zero attached hydrogens (tertiary/aromatic N) is 3. The van der Waals surface area contributed by atoms with Crippen molar-refractivity contribution in [2.24, 2.45) is 0 Å². The Morgan fingerprint density at radius 1 is 1.05 bits per heavy atom. The molecule has 0 saturated carbocycles. The van der Waals surface area contributed by atoms with Crippen LogP contribution >= 0.6 is 0 Å². The van der Waals surface area contributed by atoms with Crippen molar-refractivity contribution in [3.63, 3.8) is 0 Å². The molecule has 0 spiro atoms. The Hall–Kier alpha value is -3.78. The SMILES string of the molecule is CCCCCCN1C(=O)CN[C@](c2ccccc2)([C@H](Oc2nc(C)cc(C)n2)C(=O)O)c2ccccc21. The predicted octanol–water partition coefficient (Wildman–Crippen LogP) is 4.39. The molecule has 2 heterocycles. The van der Waals surface area contributed by atoms with Crippen LogP contribution in [-0.4, -0.2) is 46.1 Å². The number of para-hydroxylation sites is 1. The fourth-order valence-electron chi connectivity index (χ4n) is 5.04. The molecule has 0 radical (unpaired) electrons. The molecule has 194 valence electrons. The van der Waals surface area contributed by atoms with Crippen LogP contribution in [0, 0.1) is 13.8 Å². The zero-order valence-electron chi connectivity index (χ0n) is 21.6. The lowest BCUT2D eigenvalue weighted by Crippen LogP contribution is -2.58. The van der Waals surface area contributed by atoms with Gasteiger partial charge in [-0.1, -0.05) is 74.7 Å². The molecule has 8 nitrogen and oxygen atoms in total. The van der Waals surface area contributed by atoms with Gasteiger partial charge in [-0.2, -0.15) is 0 Å². The fraction of sp³-hybridized carbons (Fsp3) is 0.379. The molecule has 8 heteroatoms. The van der Waals surface area contributed by atoms with Gasteiger partial charge in [-0.25, -0.2) is 14.8 Å². The third-order valence-corrected chi connectivity index (χ3v) is 6.71. The third kappa shape index (κ3) is 5.49. The summed E-state index contributed by atoms with van der Waals surface area (Å²) in [6, 6.07) is 18.5. The number of carbonyl (C=O) groups is 2. The number of carbonyl (C=O) groups excluding carboxylic acids is 1. The summed E-state index contributed by atoms with van der Waals surface area (Å²) in [5.41, 5.74) is 1.94. The number of hydrogen-bond acceptors (Lipinski definition) is 6. The Morgan fingerprint density at radius 2 is 1.73 bits per heavy atom. The summed E-state index contributed by atoms with van der Waals surface area (Å²) < 4.78 is 6.12. The summed E-state index contributed by atoms with van der Waals surface area (Å²) in [5.74, 6) is -1.31. The van der Waals surface area contributed by atoms with Gasteiger partial charge in [0.2, 0.25) is 12.0 Å². The zero-order valence-corrected chi connectivity index (χ0v) is 21.6. The summed E-state index contributed by atoms with van der Waals surface area (Å²) >= 11 is 0. The van der Waals surface area contributed by atoms with Crippen LogP contribution in [0.3, 0.4) is 0 Å². The van der Waals surface area contributed by atoms with Crippen molar-refractivity contribution in [3.05, 3.63) is 83.2 Å². The van der Waals surface area contributed by atoms with Gasteiger partial charge in [-0.3, -0.25) is 10.1 Å². The van der Waals surface area contributed by atoms with Crippen molar-refractivity contribution >= 4 is 17.6 Å². The number of amides is 1. The van der Waals surface area contributed by atoms with Crippen LogP contribution in [-0.2, 0) is 15.1 Å². The Labute approximate surface area is 217 Å². The zero-order chi connectivity index (χ0) is 26.4. The molecule has 1 aliphatic rings. The van der Waals surface area contributed by atoms with Gasteiger partial charge in [-0.05, 0) is 38.0 Å². The van der Waals surface area contributed by atoms with Gasteiger partial charge in [0.05, 0.1) is 6.54 Å². The molecule has 1 aliphatic heterocycles. The van der Waals surface area contributed by atoms with Crippen molar-refractivity contribution < 1.29 is 19.4 Å². The van der Waals surface area contributed by atoms with Crippen molar-refractivity contribution in [1.29, 1.82) is 0 Å². The van der Waals surface area contributed by atoms with Gasteiger partial charge >= 0.3 is 12.0 Å². The number of aryl methyl sites for hydroxylation is 2. The van der Waals surface area contributed by atoms with E-state index in [9.17, 15) is 14.7 Å². The van der Waals surface area contributed by atoms with E-state index in [0.29, 0.717) is 34.7 Å². The van der Waals surface area contributed by atoms with Crippen LogP contribution < -0.4 is 15.0 Å². The quantitative estimate of drug-likeness (QED) is 0.396. The number of rotatable bonds is 10. The maximum atomic E-state index is 13.5. The molecule has 4 rings (SSSR count). The number of unbranched alkanes of at least 4 members (excludes halogenated alkanes) is 3. The minimum atomic E-state index is -1.47. The van der Waals surface area contributed by atoms with E-state index >= 15 is 0 Å². The summed E-state index contributed by atoms with van der Waals surface area (Å²) in [7, 11) is 0. The van der Waals surface area contributed by atoms with Crippen LogP contribution in [0.15, 0.2) is 60.7 Å². The van der Waals surface area contributed by atoms with Crippen LogP contribution in [0.1, 0.15) is 55.1 Å². The molecular formula is C29H34N4O4. The molecule has 1 aromatic heterocycles. The van der Waals surface area contributed by atoms with Crippen molar-refractivity contribution in [1.82, 2.24) is 15.3 Å². The van der Waals surface area contributed by atoms with E-state index < -0.39 is 17.6 Å². The average Bonchev–Trinajstić information content (AvgIpc) is 3.00. The average molecular weight is 503 g/mol. The monoisotopic (exact) mass is 502 g/mol. The Kier molecular flexibility index (Phi) is 8.18. The number of fused-ring (bicyclic) bond motifs is 1. The highest BCUT2D eigenvalue weighted by Crippen LogP contribution is 2.42. The highest BCUT2D eigenvalue weighted by atomic mass is 16.5. The van der Waals surface area contributed by atoms with E-state index in [-0.39, 0.29) is 18.5 Å². The first-order valence-electron chi connectivity index (χ1n) is 12.8. The second-order valence-electron chi connectivity index (χ2n) is 9.42. The standard InChI is InChI=1S/C29H34N4O4/c1-4-5-6-12-17-33-24-16-11-10-15-23(24)29(30-19-25(33)34,22-13-8-7-9-14-22)26(27(35)36)37-28-31-20(2)18-21(3)32-28/h7-11,13-16,18,26,30H,4-6,12,17,19H2,1-3H3,(H,35,36)/t26-,29+/m1/s1. The number of carboxylic acid groups (broad SMARTS) is 1. The molecule has 0 unspecified atom stereocenters. The highest BCUT2D eigenvalue weighted by Gasteiger charge is 2.52. The number of carboxylic acids is 1. The minimum absolute atomic E-state index is 0.0218. The van der Waals surface area contributed by atoms with Gasteiger partial charge in [-0.15, -0.1) is 0 Å². The van der Waals surface area contributed by atoms with Crippen LogP contribution in [0.25, 0.3) is 0 Å². The van der Waals surface area contributed by atoms with Crippen molar-refractivity contribution in [3.8, 4) is 6.01 Å². The molecule has 0 aliphatic carbocycles. The first-order valence-corrected chi connectivity index (χ1v) is 12.8. The topological polar surface area (TPSA) is 105 Å². The van der Waals surface area contributed by atoms with E-state index in [2.05, 4.69) is 22.2 Å². The number of aliphatic carboxylic acids is 1. The number of ether oxygens (including phenoxy) is 1. The largest absolute Gasteiger partial charge is 0.478 e. The van der Waals surface area contributed by atoms with Crippen LogP contribution in [0.4, 0.5) is 5.69 Å². The van der Waals surface area contributed by atoms with Gasteiger partial charge in [0.25, 0.3) is 0 Å². The number of nitrogens with one attached hydrogen (secondary N) is 1. The molecule has 3 aromatic rings. The molecule has 2 atom stereocenters. The molecule has 2 aromatic carbocycles. The molecule has 0 fully saturated rings. The second kappa shape index (κ2) is 11.5. The smallest absolute Gasteiger partial charge is 0.347 e. The number of aromatic nitrogens is 2. The lowest BCUT2D eigenvalue weighted by Gasteiger charge is -2.39. The van der Waals surface area contributed by atoms with Gasteiger partial charge in [0.15, 0.2) is 0 Å². The minimum Gasteiger partial charge on any atom is -0.478 e. The molecular weight excluding hydrogens is 468 g/mol. The number of hydrogen-bond donors (Lipinski definition) is 2. The maximum Gasteiger partial charge on any atom is 0.347 e. The first-order chi connectivity index (χ1) is 17.9. The lowest BCUT2D eigenvalue weighted by molar-refractivity contribution is -0.149. The van der Waals surface area contributed by atoms with E-state index in [1.807, 2.05) is 54.6 Å². The Balaban J connectivity index is 1.89. The van der Waals surface area contributed by atoms with E-state index in [0.717, 1.165) is 25.7 Å². The molecule has 37 heavy (non-hydrogen) atoms. The third-order valence-electron chi connectivity index (χ3n) is 6.71. The number of anilines is 1. The Bertz CT molecular complexity index is 1230. The summed E-state index contributed by atoms with van der Waals surface area (Å²) in [4.78, 5) is 36.9. The lowest BCUT2D eigenvalue weighted by atomic mass is 9.77. The highest BCUT2D eigenvalue weighted by molar-refractivity contribution is 5.97. The molecule has 0 bridgehead atoms. The van der Waals surface area contributed by atoms with Gasteiger partial charge in [0, 0.05) is 29.2 Å². The van der Waals surface area contributed by atoms with Crippen LogP contribution in [0.5, 0.6) is 6.01 Å². The van der Waals surface area contributed by atoms with Crippen molar-refractivity contribution in [2.75, 3.05) is 18.0 Å². The first kappa shape index (κ1) is 26.3. The van der Waals surface area contributed by atoms with E-state index in [4.69, 9.17) is 4.74 Å². The van der Waals surface area contributed by atoms with E-state index in [1.54, 1.807) is 24.8 Å².